The van der Waals surface area contributed by atoms with Crippen LogP contribution >= 0.6 is 0 Å². The van der Waals surface area contributed by atoms with Gasteiger partial charge in [-0.2, -0.15) is 5.10 Å². The number of amides is 1. The molecule has 2 N–H and O–H groups in total. The predicted octanol–water partition coefficient (Wildman–Crippen LogP) is 2.09. The third kappa shape index (κ3) is 3.14. The first kappa shape index (κ1) is 16.9. The quantitative estimate of drug-likeness (QED) is 0.850. The zero-order valence-corrected chi connectivity index (χ0v) is 15.6. The molecule has 2 aromatic heterocycles. The number of aromatic amines is 1. The number of hydrogen-bond donors (Lipinski definition) is 2. The summed E-state index contributed by atoms with van der Waals surface area (Å²) >= 11 is 0. The lowest BCUT2D eigenvalue weighted by Gasteiger charge is -2.29. The highest BCUT2D eigenvalue weighted by Gasteiger charge is 2.29. The van der Waals surface area contributed by atoms with Gasteiger partial charge in [0.25, 0.3) is 5.91 Å². The van der Waals surface area contributed by atoms with Gasteiger partial charge in [0.05, 0.1) is 11.7 Å². The van der Waals surface area contributed by atoms with Crippen molar-refractivity contribution in [1.29, 1.82) is 0 Å². The van der Waals surface area contributed by atoms with E-state index in [0.717, 1.165) is 67.0 Å². The monoisotopic (exact) mass is 366 g/mol. The van der Waals surface area contributed by atoms with Gasteiger partial charge in [-0.05, 0) is 45.1 Å². The Labute approximate surface area is 159 Å². The summed E-state index contributed by atoms with van der Waals surface area (Å²) in [7, 11) is 0. The van der Waals surface area contributed by atoms with E-state index in [9.17, 15) is 4.79 Å². The van der Waals surface area contributed by atoms with E-state index in [1.54, 1.807) is 0 Å². The summed E-state index contributed by atoms with van der Waals surface area (Å²) in [6.07, 6.45) is 10.6. The average molecular weight is 366 g/mol. The van der Waals surface area contributed by atoms with E-state index < -0.39 is 0 Å². The summed E-state index contributed by atoms with van der Waals surface area (Å²) in [4.78, 5) is 24.4. The summed E-state index contributed by atoms with van der Waals surface area (Å²) in [6.45, 7) is 2.32. The standard InChI is InChI=1S/C20H26N6O/c27-20(18-14-5-1-2-6-16(14)24-25-18)26-10-8-15-13(12-26)11-22-19(23-15)17-7-3-4-9-21-17/h11,17,21H,1-10,12H2,(H,24,25). The Kier molecular flexibility index (Phi) is 4.39. The molecular weight excluding hydrogens is 340 g/mol. The molecule has 5 rings (SSSR count). The fourth-order valence-corrected chi connectivity index (χ4v) is 4.55. The molecule has 0 saturated carbocycles. The first-order chi connectivity index (χ1) is 13.3. The number of piperidine rings is 1. The number of carbonyl (C=O) groups is 1. The summed E-state index contributed by atoms with van der Waals surface area (Å²) in [5.41, 5.74) is 5.07. The largest absolute Gasteiger partial charge is 0.332 e. The van der Waals surface area contributed by atoms with Gasteiger partial charge >= 0.3 is 0 Å². The number of nitrogens with one attached hydrogen (secondary N) is 2. The second kappa shape index (κ2) is 7.03. The Morgan fingerprint density at radius 2 is 2.07 bits per heavy atom. The van der Waals surface area contributed by atoms with Gasteiger partial charge in [0, 0.05) is 42.5 Å². The molecule has 1 unspecified atom stereocenters. The van der Waals surface area contributed by atoms with Crippen LogP contribution in [0, 0.1) is 0 Å². The molecule has 1 atom stereocenters. The Bertz CT molecular complexity index is 854. The van der Waals surface area contributed by atoms with Crippen LogP contribution in [-0.4, -0.2) is 44.1 Å². The number of aromatic nitrogens is 4. The van der Waals surface area contributed by atoms with Gasteiger partial charge in [-0.1, -0.05) is 6.42 Å². The molecule has 142 valence electrons. The number of nitrogens with zero attached hydrogens (tertiary/aromatic N) is 4. The summed E-state index contributed by atoms with van der Waals surface area (Å²) < 4.78 is 0. The number of fused-ring (bicyclic) bond motifs is 2. The minimum Gasteiger partial charge on any atom is -0.332 e. The topological polar surface area (TPSA) is 86.8 Å². The van der Waals surface area contributed by atoms with Crippen molar-refractivity contribution in [2.45, 2.75) is 64.0 Å². The van der Waals surface area contributed by atoms with Crippen LogP contribution in [0.1, 0.15) is 77.0 Å². The zero-order valence-electron chi connectivity index (χ0n) is 15.6. The van der Waals surface area contributed by atoms with Gasteiger partial charge in [-0.15, -0.1) is 0 Å². The van der Waals surface area contributed by atoms with Crippen LogP contribution in [0.15, 0.2) is 6.20 Å². The van der Waals surface area contributed by atoms with Crippen LogP contribution in [0.2, 0.25) is 0 Å². The lowest BCUT2D eigenvalue weighted by Crippen LogP contribution is -2.37. The molecule has 0 aromatic carbocycles. The van der Waals surface area contributed by atoms with Crippen LogP contribution in [0.4, 0.5) is 0 Å². The molecule has 2 aromatic rings. The van der Waals surface area contributed by atoms with Gasteiger partial charge in [-0.25, -0.2) is 9.97 Å². The molecule has 0 spiro atoms. The number of carbonyl (C=O) groups excluding carboxylic acids is 1. The molecule has 4 heterocycles. The van der Waals surface area contributed by atoms with E-state index in [-0.39, 0.29) is 11.9 Å². The van der Waals surface area contributed by atoms with Crippen LogP contribution in [0.3, 0.4) is 0 Å². The number of H-pyrrole nitrogens is 1. The van der Waals surface area contributed by atoms with E-state index in [4.69, 9.17) is 4.98 Å². The van der Waals surface area contributed by atoms with Crippen molar-refractivity contribution in [2.75, 3.05) is 13.1 Å². The lowest BCUT2D eigenvalue weighted by atomic mass is 9.95. The first-order valence-electron chi connectivity index (χ1n) is 10.2. The molecule has 7 heteroatoms. The molecule has 27 heavy (non-hydrogen) atoms. The van der Waals surface area contributed by atoms with Crippen molar-refractivity contribution in [3.8, 4) is 0 Å². The van der Waals surface area contributed by atoms with Gasteiger partial charge in [0.15, 0.2) is 5.69 Å². The van der Waals surface area contributed by atoms with Crippen molar-refractivity contribution >= 4 is 5.91 Å². The maximum absolute atomic E-state index is 13.0. The van der Waals surface area contributed by atoms with Crippen LogP contribution in [0.25, 0.3) is 0 Å². The Balaban J connectivity index is 1.33. The number of hydrogen-bond acceptors (Lipinski definition) is 5. The molecule has 1 saturated heterocycles. The van der Waals surface area contributed by atoms with E-state index in [1.165, 1.54) is 19.3 Å². The molecule has 1 aliphatic carbocycles. The number of aryl methyl sites for hydroxylation is 1. The van der Waals surface area contributed by atoms with E-state index in [2.05, 4.69) is 20.5 Å². The summed E-state index contributed by atoms with van der Waals surface area (Å²) in [5, 5.41) is 10.9. The van der Waals surface area contributed by atoms with Crippen LogP contribution in [0.5, 0.6) is 0 Å². The van der Waals surface area contributed by atoms with Gasteiger partial charge in [-0.3, -0.25) is 9.89 Å². The maximum atomic E-state index is 13.0. The highest BCUT2D eigenvalue weighted by atomic mass is 16.2. The van der Waals surface area contributed by atoms with E-state index in [0.29, 0.717) is 18.8 Å². The Morgan fingerprint density at radius 3 is 2.96 bits per heavy atom. The van der Waals surface area contributed by atoms with Gasteiger partial charge < -0.3 is 10.2 Å². The number of rotatable bonds is 2. The van der Waals surface area contributed by atoms with Crippen LogP contribution in [-0.2, 0) is 25.8 Å². The molecule has 1 fully saturated rings. The molecule has 7 nitrogen and oxygen atoms in total. The molecule has 1 amide bonds. The Morgan fingerprint density at radius 1 is 1.15 bits per heavy atom. The van der Waals surface area contributed by atoms with Crippen molar-refractivity contribution in [1.82, 2.24) is 30.4 Å². The summed E-state index contributed by atoms with van der Waals surface area (Å²) in [5.74, 6) is 0.952. The lowest BCUT2D eigenvalue weighted by molar-refractivity contribution is 0.0725. The van der Waals surface area contributed by atoms with Crippen molar-refractivity contribution in [2.24, 2.45) is 0 Å². The Hall–Kier alpha value is -2.28. The summed E-state index contributed by atoms with van der Waals surface area (Å²) in [6, 6.07) is 0.277. The second-order valence-corrected chi connectivity index (χ2v) is 7.92. The first-order valence-corrected chi connectivity index (χ1v) is 10.2. The average Bonchev–Trinajstić information content (AvgIpc) is 3.17. The van der Waals surface area contributed by atoms with Crippen molar-refractivity contribution in [3.05, 3.63) is 40.2 Å². The maximum Gasteiger partial charge on any atom is 0.274 e. The minimum atomic E-state index is 0.0399. The van der Waals surface area contributed by atoms with Gasteiger partial charge in [0.2, 0.25) is 0 Å². The highest BCUT2D eigenvalue weighted by molar-refractivity contribution is 5.94. The smallest absolute Gasteiger partial charge is 0.274 e. The second-order valence-electron chi connectivity index (χ2n) is 7.92. The molecule has 2 aliphatic heterocycles. The fourth-order valence-electron chi connectivity index (χ4n) is 4.55. The normalized spacial score (nSPS) is 22.2. The van der Waals surface area contributed by atoms with E-state index >= 15 is 0 Å². The molecular formula is C20H26N6O. The van der Waals surface area contributed by atoms with Gasteiger partial charge in [0.1, 0.15) is 5.82 Å². The zero-order chi connectivity index (χ0) is 18.2. The third-order valence-corrected chi connectivity index (χ3v) is 6.12. The predicted molar refractivity (Wildman–Crippen MR) is 100 cm³/mol. The van der Waals surface area contributed by atoms with Crippen molar-refractivity contribution < 1.29 is 4.79 Å². The molecule has 0 radical (unpaired) electrons. The highest BCUT2D eigenvalue weighted by Crippen LogP contribution is 2.26. The van der Waals surface area contributed by atoms with E-state index in [1.807, 2.05) is 11.1 Å². The molecule has 3 aliphatic rings. The minimum absolute atomic E-state index is 0.0399. The van der Waals surface area contributed by atoms with Crippen molar-refractivity contribution in [3.63, 3.8) is 0 Å². The SMILES string of the molecule is O=C(c1n[nH]c2c1CCCC2)N1CCc2nc(C3CCCCN3)ncc2C1. The van der Waals surface area contributed by atoms with Crippen LogP contribution < -0.4 is 5.32 Å². The molecule has 0 bridgehead atoms. The fraction of sp³-hybridized carbons (Fsp3) is 0.600. The third-order valence-electron chi connectivity index (χ3n) is 6.12.